The van der Waals surface area contributed by atoms with Crippen molar-refractivity contribution >= 4 is 50.2 Å². The topological polar surface area (TPSA) is 109 Å². The van der Waals surface area contributed by atoms with Gasteiger partial charge in [0.15, 0.2) is 16.6 Å². The van der Waals surface area contributed by atoms with Crippen LogP contribution in [0.15, 0.2) is 75.6 Å². The first-order valence-electron chi connectivity index (χ1n) is 11.8. The van der Waals surface area contributed by atoms with Gasteiger partial charge in [-0.2, -0.15) is 23.5 Å². The number of benzene rings is 3. The quantitative estimate of drug-likeness (QED) is 0.145. The van der Waals surface area contributed by atoms with Crippen molar-refractivity contribution in [3.05, 3.63) is 98.5 Å². The summed E-state index contributed by atoms with van der Waals surface area (Å²) in [4.78, 5) is 16.6. The van der Waals surface area contributed by atoms with Crippen LogP contribution < -0.4 is 20.2 Å². The van der Waals surface area contributed by atoms with Gasteiger partial charge in [-0.05, 0) is 57.9 Å². The Balaban J connectivity index is 1.33. The van der Waals surface area contributed by atoms with Crippen molar-refractivity contribution in [3.8, 4) is 17.6 Å². The lowest BCUT2D eigenvalue weighted by molar-refractivity contribution is -0.137. The van der Waals surface area contributed by atoms with Gasteiger partial charge in [-0.3, -0.25) is 4.79 Å². The average molecular weight is 644 g/mol. The molecule has 0 atom stereocenters. The monoisotopic (exact) mass is 643 g/mol. The zero-order valence-electron chi connectivity index (χ0n) is 21.3. The summed E-state index contributed by atoms with van der Waals surface area (Å²) in [7, 11) is 1.49. The number of alkyl halides is 3. The second kappa shape index (κ2) is 13.3. The molecule has 1 heterocycles. The number of amides is 1. The van der Waals surface area contributed by atoms with E-state index in [1.807, 2.05) is 12.1 Å². The predicted octanol–water partition coefficient (Wildman–Crippen LogP) is 6.82. The Kier molecular flexibility index (Phi) is 9.59. The molecule has 2 N–H and O–H groups in total. The number of nitrogens with zero attached hydrogens (tertiary/aromatic N) is 3. The number of methoxy groups -OCH3 is 1. The molecule has 0 fully saturated rings. The molecular weight excluding hydrogens is 623 g/mol. The minimum atomic E-state index is -4.45. The third kappa shape index (κ3) is 8.06. The minimum Gasteiger partial charge on any atom is -0.493 e. The molecule has 1 aromatic heterocycles. The Morgan fingerprint density at radius 1 is 1.20 bits per heavy atom. The maximum absolute atomic E-state index is 12.9. The van der Waals surface area contributed by atoms with E-state index < -0.39 is 17.6 Å². The van der Waals surface area contributed by atoms with E-state index in [0.29, 0.717) is 37.9 Å². The second-order valence-corrected chi connectivity index (χ2v) is 10.1. The fourth-order valence-corrected chi connectivity index (χ4v) is 4.89. The third-order valence-corrected chi connectivity index (χ3v) is 6.89. The van der Waals surface area contributed by atoms with Gasteiger partial charge in [-0.1, -0.05) is 24.3 Å². The molecule has 0 saturated heterocycles. The van der Waals surface area contributed by atoms with E-state index in [0.717, 1.165) is 29.0 Å². The zero-order chi connectivity index (χ0) is 29.4. The lowest BCUT2D eigenvalue weighted by atomic mass is 10.1. The highest BCUT2D eigenvalue weighted by atomic mass is 79.9. The van der Waals surface area contributed by atoms with Gasteiger partial charge in [0.2, 0.25) is 5.91 Å². The van der Waals surface area contributed by atoms with E-state index in [2.05, 4.69) is 42.8 Å². The molecule has 0 bridgehead atoms. The molecule has 3 aromatic carbocycles. The van der Waals surface area contributed by atoms with Crippen LogP contribution in [-0.4, -0.2) is 24.2 Å². The van der Waals surface area contributed by atoms with Crippen LogP contribution in [0.25, 0.3) is 0 Å². The number of nitriles is 1. The number of rotatable bonds is 10. The van der Waals surface area contributed by atoms with Gasteiger partial charge in [0.1, 0.15) is 6.61 Å². The number of thiazole rings is 1. The van der Waals surface area contributed by atoms with Crippen molar-refractivity contribution in [1.82, 2.24) is 10.4 Å². The number of hydrazone groups is 1. The molecule has 0 aliphatic heterocycles. The third-order valence-electron chi connectivity index (χ3n) is 5.50. The van der Waals surface area contributed by atoms with Crippen LogP contribution in [0.4, 0.5) is 24.0 Å². The molecular formula is C28H21BrF3N5O3S. The number of ether oxygens (including phenoxy) is 2. The van der Waals surface area contributed by atoms with Crippen molar-refractivity contribution in [1.29, 1.82) is 5.26 Å². The average Bonchev–Trinajstić information content (AvgIpc) is 3.38. The van der Waals surface area contributed by atoms with Crippen molar-refractivity contribution < 1.29 is 27.4 Å². The molecule has 0 unspecified atom stereocenters. The van der Waals surface area contributed by atoms with Crippen LogP contribution in [-0.2, 0) is 24.0 Å². The van der Waals surface area contributed by atoms with Crippen molar-refractivity contribution in [3.63, 3.8) is 0 Å². The van der Waals surface area contributed by atoms with Gasteiger partial charge in [0.05, 0.1) is 47.1 Å². The van der Waals surface area contributed by atoms with Crippen LogP contribution in [0, 0.1) is 11.3 Å². The highest BCUT2D eigenvalue weighted by Gasteiger charge is 2.30. The number of anilines is 2. The molecule has 0 aliphatic carbocycles. The molecule has 8 nitrogen and oxygen atoms in total. The van der Waals surface area contributed by atoms with Crippen molar-refractivity contribution in [2.45, 2.75) is 19.2 Å². The summed E-state index contributed by atoms with van der Waals surface area (Å²) in [6.07, 6.45) is -3.10. The molecule has 1 amide bonds. The molecule has 4 rings (SSSR count). The van der Waals surface area contributed by atoms with Crippen LogP contribution in [0.1, 0.15) is 27.9 Å². The van der Waals surface area contributed by atoms with E-state index in [-0.39, 0.29) is 18.7 Å². The minimum absolute atomic E-state index is 0.0813. The first kappa shape index (κ1) is 29.6. The number of hydrogen-bond acceptors (Lipinski definition) is 8. The van der Waals surface area contributed by atoms with Crippen LogP contribution in [0.3, 0.4) is 0 Å². The van der Waals surface area contributed by atoms with E-state index in [1.165, 1.54) is 25.5 Å². The highest BCUT2D eigenvalue weighted by Crippen LogP contribution is 2.37. The summed E-state index contributed by atoms with van der Waals surface area (Å²) < 4.78 is 50.7. The Morgan fingerprint density at radius 2 is 2.00 bits per heavy atom. The van der Waals surface area contributed by atoms with Gasteiger partial charge < -0.3 is 14.8 Å². The molecule has 13 heteroatoms. The second-order valence-electron chi connectivity index (χ2n) is 8.41. The van der Waals surface area contributed by atoms with E-state index in [4.69, 9.17) is 9.47 Å². The van der Waals surface area contributed by atoms with Gasteiger partial charge in [-0.15, -0.1) is 11.3 Å². The Labute approximate surface area is 245 Å². The summed E-state index contributed by atoms with van der Waals surface area (Å²) in [6.45, 7) is 0.163. The van der Waals surface area contributed by atoms with E-state index in [1.54, 1.807) is 29.6 Å². The predicted molar refractivity (Wildman–Crippen MR) is 152 cm³/mol. The van der Waals surface area contributed by atoms with Crippen LogP contribution >= 0.6 is 27.3 Å². The molecule has 4 aromatic rings. The first-order chi connectivity index (χ1) is 19.7. The Hall–Kier alpha value is -4.41. The molecule has 0 spiro atoms. The number of carbonyl (C=O) groups is 1. The standard InChI is InChI=1S/C28H21BrF3N5O3S/c1-39-24-10-17(9-23(29)26(24)40-15-19-6-3-2-5-18(19)13-33)14-34-37-25(38)12-22-16-41-27(36-22)35-21-8-4-7-20(11-21)28(30,31)32/h2-11,14,16H,12,15H2,1H3,(H,35,36)(H,37,38)/b34-14-. The first-order valence-corrected chi connectivity index (χ1v) is 13.5. The Bertz CT molecular complexity index is 1620. The maximum atomic E-state index is 12.9. The smallest absolute Gasteiger partial charge is 0.416 e. The van der Waals surface area contributed by atoms with Crippen molar-refractivity contribution in [2.24, 2.45) is 5.10 Å². The summed E-state index contributed by atoms with van der Waals surface area (Å²) in [5.74, 6) is 0.434. The van der Waals surface area contributed by atoms with Gasteiger partial charge in [0.25, 0.3) is 0 Å². The fraction of sp³-hybridized carbons (Fsp3) is 0.143. The molecule has 0 aliphatic rings. The highest BCUT2D eigenvalue weighted by molar-refractivity contribution is 9.10. The van der Waals surface area contributed by atoms with Gasteiger partial charge >= 0.3 is 6.18 Å². The summed E-state index contributed by atoms with van der Waals surface area (Å²) >= 11 is 4.63. The molecule has 41 heavy (non-hydrogen) atoms. The van der Waals surface area contributed by atoms with E-state index in [9.17, 15) is 23.2 Å². The Morgan fingerprint density at radius 3 is 2.76 bits per heavy atom. The zero-order valence-corrected chi connectivity index (χ0v) is 23.7. The normalized spacial score (nSPS) is 11.2. The van der Waals surface area contributed by atoms with Crippen LogP contribution in [0.5, 0.6) is 11.5 Å². The lowest BCUT2D eigenvalue weighted by Crippen LogP contribution is -2.20. The number of aromatic nitrogens is 1. The van der Waals surface area contributed by atoms with E-state index >= 15 is 0 Å². The number of hydrogen-bond donors (Lipinski definition) is 2. The summed E-state index contributed by atoms with van der Waals surface area (Å²) in [5.41, 5.74) is 4.18. The summed E-state index contributed by atoms with van der Waals surface area (Å²) in [5, 5.41) is 18.1. The molecule has 210 valence electrons. The number of carbonyl (C=O) groups excluding carboxylic acids is 1. The molecule has 0 saturated carbocycles. The fourth-order valence-electron chi connectivity index (χ4n) is 3.58. The largest absolute Gasteiger partial charge is 0.493 e. The number of halogens is 4. The molecule has 0 radical (unpaired) electrons. The van der Waals surface area contributed by atoms with Crippen LogP contribution in [0.2, 0.25) is 0 Å². The number of nitrogens with one attached hydrogen (secondary N) is 2. The SMILES string of the molecule is COc1cc(/C=N\NC(=O)Cc2csc(Nc3cccc(C(F)(F)F)c3)n2)cc(Br)c1OCc1ccccc1C#N. The maximum Gasteiger partial charge on any atom is 0.416 e. The summed E-state index contributed by atoms with van der Waals surface area (Å²) in [6, 6.07) is 17.4. The van der Waals surface area contributed by atoms with Crippen molar-refractivity contribution in [2.75, 3.05) is 12.4 Å². The van der Waals surface area contributed by atoms with Gasteiger partial charge in [0, 0.05) is 16.6 Å². The van der Waals surface area contributed by atoms with Gasteiger partial charge in [-0.25, -0.2) is 10.4 Å². The lowest BCUT2D eigenvalue weighted by Gasteiger charge is -2.14.